The topological polar surface area (TPSA) is 73.5 Å². The van der Waals surface area contributed by atoms with Crippen LogP contribution in [0.2, 0.25) is 5.02 Å². The molecule has 0 aliphatic heterocycles. The van der Waals surface area contributed by atoms with Crippen LogP contribution >= 0.6 is 22.9 Å². The maximum absolute atomic E-state index is 5.93. The van der Waals surface area contributed by atoms with Crippen molar-refractivity contribution in [2.24, 2.45) is 0 Å². The van der Waals surface area contributed by atoms with Gasteiger partial charge in [-0.15, -0.1) is 10.2 Å². The van der Waals surface area contributed by atoms with Gasteiger partial charge in [0.2, 0.25) is 5.13 Å². The van der Waals surface area contributed by atoms with Crippen molar-refractivity contribution in [1.29, 1.82) is 0 Å². The van der Waals surface area contributed by atoms with Gasteiger partial charge in [-0.2, -0.15) is 10.2 Å². The molecule has 132 valence electrons. The highest BCUT2D eigenvalue weighted by Crippen LogP contribution is 2.26. The number of hydrogen-bond donors (Lipinski definition) is 1. The van der Waals surface area contributed by atoms with E-state index in [9.17, 15) is 0 Å². The summed E-state index contributed by atoms with van der Waals surface area (Å²) in [5.41, 5.74) is 1.20. The van der Waals surface area contributed by atoms with Crippen molar-refractivity contribution < 1.29 is 0 Å². The van der Waals surface area contributed by atoms with E-state index in [1.54, 1.807) is 17.1 Å². The molecule has 9 heteroatoms. The second kappa shape index (κ2) is 7.27. The fourth-order valence-electron chi connectivity index (χ4n) is 2.49. The molecule has 0 bridgehead atoms. The molecule has 3 heterocycles. The van der Waals surface area contributed by atoms with Crippen LogP contribution in [0.3, 0.4) is 0 Å². The van der Waals surface area contributed by atoms with Gasteiger partial charge in [-0.05, 0) is 12.5 Å². The molecule has 0 saturated heterocycles. The van der Waals surface area contributed by atoms with Crippen LogP contribution in [0.5, 0.6) is 0 Å². The summed E-state index contributed by atoms with van der Waals surface area (Å²) in [7, 11) is 0. The number of nitrogens with one attached hydrogen (secondary N) is 1. The normalized spacial score (nSPS) is 12.2. The van der Waals surface area contributed by atoms with Gasteiger partial charge >= 0.3 is 0 Å². The van der Waals surface area contributed by atoms with Gasteiger partial charge in [0.1, 0.15) is 11.0 Å². The molecule has 7 nitrogen and oxygen atoms in total. The van der Waals surface area contributed by atoms with Gasteiger partial charge in [-0.25, -0.2) is 0 Å². The molecule has 26 heavy (non-hydrogen) atoms. The van der Waals surface area contributed by atoms with Gasteiger partial charge < -0.3 is 5.32 Å². The molecule has 0 radical (unpaired) electrons. The minimum Gasteiger partial charge on any atom is -0.313 e. The van der Waals surface area contributed by atoms with E-state index in [2.05, 4.69) is 37.8 Å². The molecule has 1 atom stereocenters. The zero-order chi connectivity index (χ0) is 17.9. The highest BCUT2D eigenvalue weighted by atomic mass is 35.5. The predicted molar refractivity (Wildman–Crippen MR) is 102 cm³/mol. The smallest absolute Gasteiger partial charge is 0.211 e. The molecule has 1 N–H and O–H groups in total. The molecule has 1 unspecified atom stereocenters. The van der Waals surface area contributed by atoms with Gasteiger partial charge in [0.05, 0.1) is 17.8 Å². The van der Waals surface area contributed by atoms with E-state index in [0.717, 1.165) is 17.4 Å². The first-order valence-electron chi connectivity index (χ1n) is 8.05. The first kappa shape index (κ1) is 16.7. The molecule has 0 aliphatic carbocycles. The molecule has 4 rings (SSSR count). The number of halogens is 1. The van der Waals surface area contributed by atoms with E-state index >= 15 is 0 Å². The van der Waals surface area contributed by atoms with E-state index < -0.39 is 0 Å². The highest BCUT2D eigenvalue weighted by molar-refractivity contribution is 7.15. The fourth-order valence-corrected chi connectivity index (χ4v) is 3.43. The lowest BCUT2D eigenvalue weighted by molar-refractivity contribution is 0.557. The standard InChI is InChI=1S/C17H16ClN7S/c1-12(25-11-14(18)9-19-25)16-21-22-17(26-16)20-15-7-8-24(23-15)10-13-5-3-2-4-6-13/h2-9,11-12H,10H2,1H3,(H,20,22,23). The molecule has 0 amide bonds. The Hall–Kier alpha value is -2.71. The van der Waals surface area contributed by atoms with Crippen LogP contribution in [0.4, 0.5) is 10.9 Å². The fraction of sp³-hybridized carbons (Fsp3) is 0.176. The summed E-state index contributed by atoms with van der Waals surface area (Å²) in [4.78, 5) is 0. The summed E-state index contributed by atoms with van der Waals surface area (Å²) < 4.78 is 3.65. The van der Waals surface area contributed by atoms with E-state index in [1.807, 2.05) is 42.1 Å². The van der Waals surface area contributed by atoms with Crippen molar-refractivity contribution in [2.45, 2.75) is 19.5 Å². The number of anilines is 2. The van der Waals surface area contributed by atoms with E-state index in [0.29, 0.717) is 10.2 Å². The third-order valence-electron chi connectivity index (χ3n) is 3.83. The molecular weight excluding hydrogens is 370 g/mol. The predicted octanol–water partition coefficient (Wildman–Crippen LogP) is 3.99. The molecule has 0 aliphatic rings. The summed E-state index contributed by atoms with van der Waals surface area (Å²) in [6.07, 6.45) is 5.31. The van der Waals surface area contributed by atoms with Gasteiger partial charge in [-0.3, -0.25) is 9.36 Å². The largest absolute Gasteiger partial charge is 0.313 e. The second-order valence-electron chi connectivity index (χ2n) is 5.77. The molecule has 0 fully saturated rings. The molecule has 3 aromatic heterocycles. The number of rotatable bonds is 6. The number of nitrogens with zero attached hydrogens (tertiary/aromatic N) is 6. The van der Waals surface area contributed by atoms with Gasteiger partial charge in [0.25, 0.3) is 0 Å². The summed E-state index contributed by atoms with van der Waals surface area (Å²) >= 11 is 7.39. The first-order valence-corrected chi connectivity index (χ1v) is 9.24. The van der Waals surface area contributed by atoms with Crippen LogP contribution in [0.25, 0.3) is 0 Å². The van der Waals surface area contributed by atoms with Gasteiger partial charge in [0, 0.05) is 18.5 Å². The van der Waals surface area contributed by atoms with Crippen LogP contribution in [-0.2, 0) is 6.54 Å². The Labute approximate surface area is 159 Å². The van der Waals surface area contributed by atoms with Crippen LogP contribution in [-0.4, -0.2) is 29.8 Å². The van der Waals surface area contributed by atoms with Crippen molar-refractivity contribution in [3.05, 3.63) is 70.6 Å². The summed E-state index contributed by atoms with van der Waals surface area (Å²) in [6.45, 7) is 2.73. The molecular formula is C17H16ClN7S. The average molecular weight is 386 g/mol. The minimum atomic E-state index is -0.0359. The third-order valence-corrected chi connectivity index (χ3v) is 5.03. The lowest BCUT2D eigenvalue weighted by Crippen LogP contribution is -2.06. The van der Waals surface area contributed by atoms with Gasteiger partial charge in [0.15, 0.2) is 5.82 Å². The molecule has 0 spiro atoms. The van der Waals surface area contributed by atoms with Crippen LogP contribution in [0.1, 0.15) is 23.5 Å². The van der Waals surface area contributed by atoms with Crippen molar-refractivity contribution in [3.63, 3.8) is 0 Å². The number of hydrogen-bond acceptors (Lipinski definition) is 6. The SMILES string of the molecule is CC(c1nnc(Nc2ccn(Cc3ccccc3)n2)s1)n1cc(Cl)cn1. The van der Waals surface area contributed by atoms with Crippen molar-refractivity contribution in [1.82, 2.24) is 29.8 Å². The lowest BCUT2D eigenvalue weighted by Gasteiger charge is -2.06. The Morgan fingerprint density at radius 1 is 1.19 bits per heavy atom. The van der Waals surface area contributed by atoms with E-state index in [4.69, 9.17) is 11.6 Å². The first-order chi connectivity index (χ1) is 12.7. The zero-order valence-electron chi connectivity index (χ0n) is 14.0. The van der Waals surface area contributed by atoms with Crippen LogP contribution in [0, 0.1) is 0 Å². The maximum Gasteiger partial charge on any atom is 0.211 e. The maximum atomic E-state index is 5.93. The zero-order valence-corrected chi connectivity index (χ0v) is 15.5. The minimum absolute atomic E-state index is 0.0359. The summed E-state index contributed by atoms with van der Waals surface area (Å²) in [5, 5.41) is 22.5. The summed E-state index contributed by atoms with van der Waals surface area (Å²) in [5.74, 6) is 0.735. The average Bonchev–Trinajstić information content (AvgIpc) is 3.38. The van der Waals surface area contributed by atoms with Crippen LogP contribution in [0.15, 0.2) is 55.0 Å². The number of benzene rings is 1. The van der Waals surface area contributed by atoms with Gasteiger partial charge in [-0.1, -0.05) is 53.3 Å². The molecule has 1 aromatic carbocycles. The Morgan fingerprint density at radius 2 is 2.04 bits per heavy atom. The van der Waals surface area contributed by atoms with E-state index in [-0.39, 0.29) is 6.04 Å². The van der Waals surface area contributed by atoms with Crippen molar-refractivity contribution in [2.75, 3.05) is 5.32 Å². The van der Waals surface area contributed by atoms with Crippen molar-refractivity contribution >= 4 is 33.9 Å². The van der Waals surface area contributed by atoms with Crippen LogP contribution < -0.4 is 5.32 Å². The monoisotopic (exact) mass is 385 g/mol. The molecule has 4 aromatic rings. The quantitative estimate of drug-likeness (QED) is 0.543. The Bertz CT molecular complexity index is 991. The molecule has 0 saturated carbocycles. The lowest BCUT2D eigenvalue weighted by atomic mass is 10.2. The highest BCUT2D eigenvalue weighted by Gasteiger charge is 2.15. The summed E-state index contributed by atoms with van der Waals surface area (Å²) in [6, 6.07) is 12.1. The van der Waals surface area contributed by atoms with Crippen molar-refractivity contribution in [3.8, 4) is 0 Å². The Morgan fingerprint density at radius 3 is 2.81 bits per heavy atom. The third kappa shape index (κ3) is 3.76. The Kier molecular flexibility index (Phi) is 4.68. The number of aromatic nitrogens is 6. The second-order valence-corrected chi connectivity index (χ2v) is 7.21. The van der Waals surface area contributed by atoms with E-state index in [1.165, 1.54) is 16.9 Å². The Balaban J connectivity index is 1.43.